The highest BCUT2D eigenvalue weighted by molar-refractivity contribution is 6.27. The van der Waals surface area contributed by atoms with Gasteiger partial charge >= 0.3 is 0 Å². The summed E-state index contributed by atoms with van der Waals surface area (Å²) in [5.74, 6) is 0. The van der Waals surface area contributed by atoms with Crippen molar-refractivity contribution < 1.29 is 0 Å². The Labute approximate surface area is 530 Å². The van der Waals surface area contributed by atoms with Crippen molar-refractivity contribution in [2.24, 2.45) is 0 Å². The van der Waals surface area contributed by atoms with Crippen LogP contribution in [0.25, 0.3) is 164 Å². The third-order valence-electron chi connectivity index (χ3n) is 21.2. The van der Waals surface area contributed by atoms with Crippen molar-refractivity contribution in [2.45, 2.75) is 31.6 Å². The van der Waals surface area contributed by atoms with Crippen molar-refractivity contribution in [3.63, 3.8) is 0 Å². The maximum atomic E-state index is 2.66. The van der Waals surface area contributed by atoms with Gasteiger partial charge in [0.2, 0.25) is 0 Å². The van der Waals surface area contributed by atoms with Gasteiger partial charge in [0.05, 0.1) is 0 Å². The number of benzene rings is 17. The van der Waals surface area contributed by atoms with E-state index in [1.807, 2.05) is 0 Å². The van der Waals surface area contributed by atoms with E-state index in [0.29, 0.717) is 0 Å². The SMILES string of the molecule is CC1(C)c2cc3c(cc2-c2c1cc1ccc4cccc5ccc2c1c45)C(C)(c1cc(-c2cc(-c4ccccc4)cc(-c4ccccc4)c2)cc(-c2ccc(-c4cccc5ccccc45)c4c(-c5cccc6ccccc56)cccc24)c1)c1ccc2ccccc2c1-3. The Morgan fingerprint density at radius 2 is 0.637 bits per heavy atom. The summed E-state index contributed by atoms with van der Waals surface area (Å²) in [5.41, 5.74) is 25.6. The molecule has 0 saturated carbocycles. The molecular formula is C91H60. The molecule has 0 aliphatic heterocycles. The highest BCUT2D eigenvalue weighted by Gasteiger charge is 2.46. The molecular weight excluding hydrogens is 1090 g/mol. The zero-order valence-electron chi connectivity index (χ0n) is 50.9. The van der Waals surface area contributed by atoms with E-state index in [9.17, 15) is 0 Å². The third-order valence-corrected chi connectivity index (χ3v) is 21.2. The molecule has 0 spiro atoms. The zero-order valence-corrected chi connectivity index (χ0v) is 50.9. The van der Waals surface area contributed by atoms with Gasteiger partial charge in [-0.05, 0) is 254 Å². The predicted molar refractivity (Wildman–Crippen MR) is 388 cm³/mol. The van der Waals surface area contributed by atoms with E-state index < -0.39 is 5.41 Å². The Morgan fingerprint density at radius 3 is 1.32 bits per heavy atom. The maximum Gasteiger partial charge on any atom is 0.0436 e. The first-order valence-electron chi connectivity index (χ1n) is 32.1. The molecule has 0 heteroatoms. The summed E-state index contributed by atoms with van der Waals surface area (Å²) in [7, 11) is 0. The average Bonchev–Trinajstić information content (AvgIpc) is 1.53. The molecule has 17 aromatic rings. The molecule has 424 valence electrons. The first kappa shape index (κ1) is 51.8. The molecule has 0 radical (unpaired) electrons. The molecule has 0 N–H and O–H groups in total. The lowest BCUT2D eigenvalue weighted by atomic mass is 9.71. The van der Waals surface area contributed by atoms with Crippen molar-refractivity contribution in [3.05, 3.63) is 337 Å². The quantitative estimate of drug-likeness (QED) is 0.140. The van der Waals surface area contributed by atoms with E-state index in [1.165, 1.54) is 192 Å². The molecule has 0 nitrogen and oxygen atoms in total. The molecule has 0 bridgehead atoms. The van der Waals surface area contributed by atoms with E-state index in [1.54, 1.807) is 0 Å². The molecule has 19 rings (SSSR count). The first-order chi connectivity index (χ1) is 44.7. The molecule has 2 aliphatic carbocycles. The Morgan fingerprint density at radius 1 is 0.198 bits per heavy atom. The van der Waals surface area contributed by atoms with Crippen LogP contribution in [0.15, 0.2) is 309 Å². The van der Waals surface area contributed by atoms with Gasteiger partial charge in [-0.3, -0.25) is 0 Å². The summed E-state index contributed by atoms with van der Waals surface area (Å²) < 4.78 is 0. The lowest BCUT2D eigenvalue weighted by Crippen LogP contribution is -2.23. The van der Waals surface area contributed by atoms with E-state index >= 15 is 0 Å². The van der Waals surface area contributed by atoms with E-state index in [4.69, 9.17) is 0 Å². The van der Waals surface area contributed by atoms with Gasteiger partial charge in [-0.15, -0.1) is 0 Å². The van der Waals surface area contributed by atoms with Crippen LogP contribution in [0.1, 0.15) is 48.6 Å². The Kier molecular flexibility index (Phi) is 11.1. The fourth-order valence-corrected chi connectivity index (χ4v) is 16.8. The van der Waals surface area contributed by atoms with Gasteiger partial charge in [-0.1, -0.05) is 269 Å². The van der Waals surface area contributed by atoms with Crippen molar-refractivity contribution >= 4 is 75.4 Å². The maximum absolute atomic E-state index is 2.66. The van der Waals surface area contributed by atoms with Crippen LogP contribution in [0, 0.1) is 0 Å². The van der Waals surface area contributed by atoms with E-state index in [2.05, 4.69) is 330 Å². The smallest absolute Gasteiger partial charge is 0.0436 e. The van der Waals surface area contributed by atoms with Crippen LogP contribution in [0.4, 0.5) is 0 Å². The summed E-state index contributed by atoms with van der Waals surface area (Å²) >= 11 is 0. The lowest BCUT2D eigenvalue weighted by molar-refractivity contribution is 0.660. The van der Waals surface area contributed by atoms with Crippen molar-refractivity contribution in [1.29, 1.82) is 0 Å². The summed E-state index contributed by atoms with van der Waals surface area (Å²) in [6, 6.07) is 118. The third kappa shape index (κ3) is 7.57. The number of fused-ring (bicyclic) bond motifs is 12. The lowest BCUT2D eigenvalue weighted by Gasteiger charge is -2.31. The first-order valence-corrected chi connectivity index (χ1v) is 32.1. The molecule has 0 heterocycles. The van der Waals surface area contributed by atoms with Crippen LogP contribution >= 0.6 is 0 Å². The molecule has 0 amide bonds. The fourth-order valence-electron chi connectivity index (χ4n) is 16.8. The second-order valence-corrected chi connectivity index (χ2v) is 26.3. The zero-order chi connectivity index (χ0) is 60.3. The highest BCUT2D eigenvalue weighted by atomic mass is 14.5. The van der Waals surface area contributed by atoms with Gasteiger partial charge in [0.1, 0.15) is 0 Å². The van der Waals surface area contributed by atoms with Crippen LogP contribution in [0.3, 0.4) is 0 Å². The minimum Gasteiger partial charge on any atom is -0.0622 e. The number of rotatable bonds is 7. The number of hydrogen-bond donors (Lipinski definition) is 0. The number of hydrogen-bond acceptors (Lipinski definition) is 0. The van der Waals surface area contributed by atoms with Crippen molar-refractivity contribution in [1.82, 2.24) is 0 Å². The monoisotopic (exact) mass is 1150 g/mol. The molecule has 17 aromatic carbocycles. The van der Waals surface area contributed by atoms with Crippen molar-refractivity contribution in [3.8, 4) is 89.0 Å². The highest BCUT2D eigenvalue weighted by Crippen LogP contribution is 2.61. The van der Waals surface area contributed by atoms with Gasteiger partial charge < -0.3 is 0 Å². The summed E-state index contributed by atoms with van der Waals surface area (Å²) in [5, 5.41) is 17.9. The van der Waals surface area contributed by atoms with Crippen LogP contribution in [0.5, 0.6) is 0 Å². The van der Waals surface area contributed by atoms with Gasteiger partial charge in [-0.25, -0.2) is 0 Å². The van der Waals surface area contributed by atoms with Gasteiger partial charge in [0, 0.05) is 10.8 Å². The van der Waals surface area contributed by atoms with Crippen LogP contribution < -0.4 is 0 Å². The summed E-state index contributed by atoms with van der Waals surface area (Å²) in [6.07, 6.45) is 0. The Bertz CT molecular complexity index is 5750. The molecule has 0 saturated heterocycles. The topological polar surface area (TPSA) is 0 Å². The van der Waals surface area contributed by atoms with Crippen LogP contribution in [-0.2, 0) is 10.8 Å². The molecule has 0 fully saturated rings. The predicted octanol–water partition coefficient (Wildman–Crippen LogP) is 24.8. The minimum absolute atomic E-state index is 0.259. The Balaban J connectivity index is 0.925. The molecule has 1 unspecified atom stereocenters. The average molecular weight is 1150 g/mol. The standard InChI is InChI=1S/C91H60/c1-90(2)82-53-80-83(54-79(82)89-78-42-40-61-30-16-29-60-38-39-62(52-84(89)90)86(78)85(60)61)91(3,81-45-41-59-26-12-15-33-72(59)88(80)81)68-50-66(65-47-63(55-20-6-4-7-21-55)46-64(48-65)56-22-8-5-9-23-56)49-67(51-68)71-43-44-77(74-35-18-28-58-25-11-14-32-70(58)74)87-75(71)36-19-37-76(87)73-34-17-27-57-24-10-13-31-69(57)73/h4-54H,1-3H3. The molecule has 0 aromatic heterocycles. The Hall–Kier alpha value is -11.2. The second kappa shape index (κ2) is 19.4. The second-order valence-electron chi connectivity index (χ2n) is 26.3. The van der Waals surface area contributed by atoms with Crippen LogP contribution in [-0.4, -0.2) is 0 Å². The van der Waals surface area contributed by atoms with Gasteiger partial charge in [0.25, 0.3) is 0 Å². The largest absolute Gasteiger partial charge is 0.0622 e. The van der Waals surface area contributed by atoms with Gasteiger partial charge in [-0.2, -0.15) is 0 Å². The summed E-state index contributed by atoms with van der Waals surface area (Å²) in [4.78, 5) is 0. The van der Waals surface area contributed by atoms with Crippen LogP contribution in [0.2, 0.25) is 0 Å². The molecule has 2 aliphatic rings. The minimum atomic E-state index is -0.614. The fraction of sp³-hybridized carbons (Fsp3) is 0.0549. The molecule has 1 atom stereocenters. The van der Waals surface area contributed by atoms with E-state index in [-0.39, 0.29) is 5.41 Å². The summed E-state index contributed by atoms with van der Waals surface area (Å²) in [6.45, 7) is 7.47. The van der Waals surface area contributed by atoms with Gasteiger partial charge in [0.15, 0.2) is 0 Å². The normalized spacial score (nSPS) is 14.7. The van der Waals surface area contributed by atoms with E-state index in [0.717, 1.165) is 0 Å². The molecule has 91 heavy (non-hydrogen) atoms. The van der Waals surface area contributed by atoms with Crippen molar-refractivity contribution in [2.75, 3.05) is 0 Å².